The number of hydrogen-bond acceptors (Lipinski definition) is 1. The first-order chi connectivity index (χ1) is 2.24. The van der Waals surface area contributed by atoms with Crippen molar-refractivity contribution in [3.05, 3.63) is 0 Å². The van der Waals surface area contributed by atoms with Gasteiger partial charge in [-0.25, -0.2) is 0 Å². The van der Waals surface area contributed by atoms with E-state index >= 15 is 0 Å². The van der Waals surface area contributed by atoms with E-state index in [4.69, 9.17) is 50.5 Å². The van der Waals surface area contributed by atoms with Crippen LogP contribution in [0, 0.1) is 0 Å². The van der Waals surface area contributed by atoms with Gasteiger partial charge >= 0.3 is 54.6 Å². The van der Waals surface area contributed by atoms with E-state index in [0.717, 1.165) is 0 Å². The first kappa shape index (κ1) is 7.55. The fourth-order valence-electron chi connectivity index (χ4n) is 0. The van der Waals surface area contributed by atoms with Crippen LogP contribution in [0.15, 0.2) is 0 Å². The molecule has 0 fully saturated rings. The van der Waals surface area contributed by atoms with Gasteiger partial charge in [-0.05, 0) is 0 Å². The predicted octanol–water partition coefficient (Wildman–Crippen LogP) is 3.03. The van der Waals surface area contributed by atoms with Gasteiger partial charge in [0.05, 0.1) is 0 Å². The summed E-state index contributed by atoms with van der Waals surface area (Å²) in [7, 11) is 0. The van der Waals surface area contributed by atoms with E-state index in [1.807, 2.05) is 0 Å². The Morgan fingerprint density at radius 1 is 1.00 bits per heavy atom. The van der Waals surface area contributed by atoms with E-state index in [9.17, 15) is 0 Å². The number of halogens is 4. The van der Waals surface area contributed by atoms with Crippen molar-refractivity contribution in [3.8, 4) is 0 Å². The summed E-state index contributed by atoms with van der Waals surface area (Å²) in [6.45, 7) is 0. The first-order valence-corrected chi connectivity index (χ1v) is 6.86. The molecule has 0 aliphatic rings. The zero-order valence-corrected chi connectivity index (χ0v) is 6.45. The molecule has 0 atom stereocenters. The SMILES string of the molecule is NP(Cl)(Cl)(Cl)Cl. The quantitative estimate of drug-likeness (QED) is 0.582. The predicted molar refractivity (Wildman–Crippen MR) is 34.5 cm³/mol. The first-order valence-electron chi connectivity index (χ1n) is 0.934. The van der Waals surface area contributed by atoms with Crippen LogP contribution in [0.4, 0.5) is 0 Å². The molecular formula is H2Cl4NP. The van der Waals surface area contributed by atoms with Crippen LogP contribution in [-0.4, -0.2) is 0 Å². The van der Waals surface area contributed by atoms with E-state index in [1.165, 1.54) is 0 Å². The van der Waals surface area contributed by atoms with Crippen molar-refractivity contribution < 1.29 is 0 Å². The fraction of sp³-hybridized carbons (Fsp3) is 0. The van der Waals surface area contributed by atoms with Crippen LogP contribution in [0.2, 0.25) is 0 Å². The van der Waals surface area contributed by atoms with Crippen molar-refractivity contribution in [1.82, 2.24) is 0 Å². The van der Waals surface area contributed by atoms with Gasteiger partial charge in [0, 0.05) is 0 Å². The molecule has 0 radical (unpaired) electrons. The molecule has 40 valence electrons. The summed E-state index contributed by atoms with van der Waals surface area (Å²) < 4.78 is -3.66. The minimum absolute atomic E-state index is 3.66. The van der Waals surface area contributed by atoms with E-state index in [0.29, 0.717) is 0 Å². The van der Waals surface area contributed by atoms with Gasteiger partial charge in [0.2, 0.25) is 0 Å². The molecule has 0 amide bonds. The van der Waals surface area contributed by atoms with Crippen LogP contribution in [-0.2, 0) is 0 Å². The Morgan fingerprint density at radius 2 is 1.00 bits per heavy atom. The molecule has 0 saturated heterocycles. The standard InChI is InChI=1S/Cl4H2NP/c1-6(2,3,4)5/h5H2. The number of rotatable bonds is 0. The number of nitrogens with two attached hydrogens (primary N) is 1. The van der Waals surface area contributed by atoms with E-state index in [1.54, 1.807) is 0 Å². The zero-order chi connectivity index (χ0) is 5.45. The summed E-state index contributed by atoms with van der Waals surface area (Å²) >= 11 is 20.0. The molecule has 0 saturated carbocycles. The Labute approximate surface area is 54.8 Å². The fourth-order valence-corrected chi connectivity index (χ4v) is 0. The Hall–Kier alpha value is 1.55. The summed E-state index contributed by atoms with van der Waals surface area (Å²) in [5, 5.41) is 0. The van der Waals surface area contributed by atoms with Gasteiger partial charge in [0.25, 0.3) is 0 Å². The third-order valence-corrected chi connectivity index (χ3v) is 0. The van der Waals surface area contributed by atoms with E-state index in [-0.39, 0.29) is 0 Å². The van der Waals surface area contributed by atoms with Gasteiger partial charge in [-0.1, -0.05) is 0 Å². The molecule has 0 spiro atoms. The van der Waals surface area contributed by atoms with Gasteiger partial charge in [0.1, 0.15) is 0 Å². The average Bonchev–Trinajstić information content (AvgIpc) is 0.650. The van der Waals surface area contributed by atoms with Crippen LogP contribution >= 0.6 is 49.1 Å². The third kappa shape index (κ3) is 47.8. The molecular weight excluding hydrogens is 187 g/mol. The van der Waals surface area contributed by atoms with Crippen molar-refractivity contribution in [2.45, 2.75) is 0 Å². The topological polar surface area (TPSA) is 26.0 Å². The van der Waals surface area contributed by atoms with E-state index in [2.05, 4.69) is 0 Å². The molecule has 0 aromatic carbocycles. The molecule has 6 heavy (non-hydrogen) atoms. The second-order valence-corrected chi connectivity index (χ2v) is 13.9. The normalized spacial score (nSPS) is 19.2. The monoisotopic (exact) mass is 187 g/mol. The van der Waals surface area contributed by atoms with Gasteiger partial charge in [-0.2, -0.15) is 0 Å². The van der Waals surface area contributed by atoms with Gasteiger partial charge in [-0.3, -0.25) is 0 Å². The summed E-state index contributed by atoms with van der Waals surface area (Å²) in [6.07, 6.45) is 0. The van der Waals surface area contributed by atoms with Crippen molar-refractivity contribution >= 4 is 49.1 Å². The molecule has 0 bridgehead atoms. The molecule has 0 aromatic heterocycles. The summed E-state index contributed by atoms with van der Waals surface area (Å²) in [4.78, 5) is 0. The molecule has 1 nitrogen and oxygen atoms in total. The van der Waals surface area contributed by atoms with Gasteiger partial charge < -0.3 is 0 Å². The Bertz CT molecular complexity index is 40.7. The molecule has 0 rings (SSSR count). The van der Waals surface area contributed by atoms with Crippen molar-refractivity contribution in [2.75, 3.05) is 0 Å². The second kappa shape index (κ2) is 1.51. The van der Waals surface area contributed by atoms with Gasteiger partial charge in [0.15, 0.2) is 0 Å². The molecule has 0 heterocycles. The summed E-state index contributed by atoms with van der Waals surface area (Å²) in [5.41, 5.74) is 4.79. The average molecular weight is 189 g/mol. The number of hydrogen-bond donors (Lipinski definition) is 1. The molecule has 2 N–H and O–H groups in total. The third-order valence-electron chi connectivity index (χ3n) is 0. The van der Waals surface area contributed by atoms with Crippen molar-refractivity contribution in [2.24, 2.45) is 5.50 Å². The van der Waals surface area contributed by atoms with Crippen molar-refractivity contribution in [1.29, 1.82) is 0 Å². The van der Waals surface area contributed by atoms with Crippen LogP contribution < -0.4 is 5.50 Å². The zero-order valence-electron chi connectivity index (χ0n) is 2.54. The minimum atomic E-state index is -3.66. The summed E-state index contributed by atoms with van der Waals surface area (Å²) in [6, 6.07) is 0. The molecule has 6 heteroatoms. The molecule has 0 aliphatic carbocycles. The van der Waals surface area contributed by atoms with Crippen LogP contribution in [0.25, 0.3) is 0 Å². The van der Waals surface area contributed by atoms with Crippen LogP contribution in [0.1, 0.15) is 0 Å². The maximum absolute atomic E-state index is 4.99. The Kier molecular flexibility index (Phi) is 1.90. The summed E-state index contributed by atoms with van der Waals surface area (Å²) in [5.74, 6) is 0. The molecule has 0 aliphatic heterocycles. The van der Waals surface area contributed by atoms with Gasteiger partial charge in [-0.15, -0.1) is 0 Å². The maximum atomic E-state index is 4.99. The van der Waals surface area contributed by atoms with Crippen molar-refractivity contribution in [3.63, 3.8) is 0 Å². The molecule has 0 unspecified atom stereocenters. The molecule has 0 aromatic rings. The Morgan fingerprint density at radius 3 is 1.00 bits per heavy atom. The second-order valence-electron chi connectivity index (χ2n) is 0.774. The van der Waals surface area contributed by atoms with Crippen LogP contribution in [0.3, 0.4) is 0 Å². The van der Waals surface area contributed by atoms with Crippen LogP contribution in [0.5, 0.6) is 0 Å². The van der Waals surface area contributed by atoms with E-state index < -0.39 is 4.16 Å². The Balaban J connectivity index is 3.73.